The molecule has 0 aromatic heterocycles. The van der Waals surface area contributed by atoms with Crippen molar-refractivity contribution in [3.8, 4) is 0 Å². The van der Waals surface area contributed by atoms with Crippen LogP contribution >= 0.6 is 0 Å². The van der Waals surface area contributed by atoms with Gasteiger partial charge in [-0.15, -0.1) is 0 Å². The van der Waals surface area contributed by atoms with Crippen LogP contribution in [0.25, 0.3) is 0 Å². The highest BCUT2D eigenvalue weighted by Gasteiger charge is 2.38. The van der Waals surface area contributed by atoms with Crippen molar-refractivity contribution < 1.29 is 9.84 Å². The van der Waals surface area contributed by atoms with Crippen LogP contribution in [0.5, 0.6) is 0 Å². The zero-order chi connectivity index (χ0) is 7.73. The fraction of sp³-hybridized carbons (Fsp3) is 1.00. The van der Waals surface area contributed by atoms with Crippen LogP contribution in [0, 0.1) is 0 Å². The van der Waals surface area contributed by atoms with Crippen LogP contribution < -0.4 is 5.32 Å². The lowest BCUT2D eigenvalue weighted by molar-refractivity contribution is 0.0669. The number of hydrogen-bond donors (Lipinski definition) is 2. The standard InChI is InChI=1S/C8H15NO2/c10-7-1-3-9-8(5-7)2-4-11-6-8/h7,9-10H,1-6H2. The average Bonchev–Trinajstić information content (AvgIpc) is 2.37. The summed E-state index contributed by atoms with van der Waals surface area (Å²) in [5, 5.41) is 12.9. The number of rotatable bonds is 0. The van der Waals surface area contributed by atoms with Crippen LogP contribution in [0.3, 0.4) is 0 Å². The third-order valence-corrected chi connectivity index (χ3v) is 2.71. The molecule has 2 rings (SSSR count). The molecule has 2 heterocycles. The molecule has 2 fully saturated rings. The third-order valence-electron chi connectivity index (χ3n) is 2.71. The molecule has 1 spiro atoms. The molecule has 2 atom stereocenters. The van der Waals surface area contributed by atoms with E-state index in [0.29, 0.717) is 0 Å². The molecule has 2 N–H and O–H groups in total. The highest BCUT2D eigenvalue weighted by Crippen LogP contribution is 2.27. The molecule has 3 nitrogen and oxygen atoms in total. The quantitative estimate of drug-likeness (QED) is 0.515. The van der Waals surface area contributed by atoms with Crippen molar-refractivity contribution in [2.75, 3.05) is 19.8 Å². The highest BCUT2D eigenvalue weighted by molar-refractivity contribution is 4.96. The van der Waals surface area contributed by atoms with Crippen molar-refractivity contribution in [1.29, 1.82) is 0 Å². The van der Waals surface area contributed by atoms with Gasteiger partial charge in [-0.25, -0.2) is 0 Å². The van der Waals surface area contributed by atoms with Crippen molar-refractivity contribution in [3.63, 3.8) is 0 Å². The Kier molecular flexibility index (Phi) is 1.87. The van der Waals surface area contributed by atoms with Crippen LogP contribution in [0.15, 0.2) is 0 Å². The van der Waals surface area contributed by atoms with Gasteiger partial charge in [0, 0.05) is 12.1 Å². The van der Waals surface area contributed by atoms with Gasteiger partial charge >= 0.3 is 0 Å². The van der Waals surface area contributed by atoms with Crippen molar-refractivity contribution in [2.45, 2.75) is 30.9 Å². The van der Waals surface area contributed by atoms with Gasteiger partial charge in [0.25, 0.3) is 0 Å². The third kappa shape index (κ3) is 1.41. The molecule has 0 aromatic rings. The number of piperidine rings is 1. The van der Waals surface area contributed by atoms with Crippen molar-refractivity contribution >= 4 is 0 Å². The smallest absolute Gasteiger partial charge is 0.0650 e. The Morgan fingerprint density at radius 2 is 2.45 bits per heavy atom. The van der Waals surface area contributed by atoms with E-state index in [4.69, 9.17) is 4.74 Å². The number of ether oxygens (including phenoxy) is 1. The average molecular weight is 157 g/mol. The minimum Gasteiger partial charge on any atom is -0.393 e. The summed E-state index contributed by atoms with van der Waals surface area (Å²) in [5.74, 6) is 0. The van der Waals surface area contributed by atoms with Gasteiger partial charge in [0.2, 0.25) is 0 Å². The first-order chi connectivity index (χ1) is 5.31. The Labute approximate surface area is 66.7 Å². The molecule has 0 amide bonds. The van der Waals surface area contributed by atoms with Gasteiger partial charge in [0.05, 0.1) is 12.7 Å². The van der Waals surface area contributed by atoms with E-state index in [-0.39, 0.29) is 11.6 Å². The maximum atomic E-state index is 9.44. The molecule has 2 aliphatic heterocycles. The second kappa shape index (κ2) is 2.73. The van der Waals surface area contributed by atoms with E-state index in [2.05, 4.69) is 5.32 Å². The summed E-state index contributed by atoms with van der Waals surface area (Å²) in [4.78, 5) is 0. The van der Waals surface area contributed by atoms with Gasteiger partial charge in [0.1, 0.15) is 0 Å². The fourth-order valence-electron chi connectivity index (χ4n) is 2.04. The lowest BCUT2D eigenvalue weighted by Crippen LogP contribution is -2.53. The molecule has 3 heteroatoms. The summed E-state index contributed by atoms with van der Waals surface area (Å²) in [6.45, 7) is 2.56. The van der Waals surface area contributed by atoms with E-state index in [1.165, 1.54) is 0 Å². The largest absolute Gasteiger partial charge is 0.393 e. The summed E-state index contributed by atoms with van der Waals surface area (Å²) in [7, 11) is 0. The summed E-state index contributed by atoms with van der Waals surface area (Å²) in [6, 6.07) is 0. The number of aliphatic hydroxyl groups excluding tert-OH is 1. The Balaban J connectivity index is 2.00. The zero-order valence-electron chi connectivity index (χ0n) is 6.68. The van der Waals surface area contributed by atoms with Gasteiger partial charge < -0.3 is 15.2 Å². The molecule has 2 saturated heterocycles. The summed E-state index contributed by atoms with van der Waals surface area (Å²) in [6.07, 6.45) is 2.71. The topological polar surface area (TPSA) is 41.5 Å². The Bertz CT molecular complexity index is 143. The van der Waals surface area contributed by atoms with Gasteiger partial charge in [-0.1, -0.05) is 0 Å². The minimum absolute atomic E-state index is 0.113. The molecular weight excluding hydrogens is 142 g/mol. The van der Waals surface area contributed by atoms with E-state index in [9.17, 15) is 5.11 Å². The normalized spacial score (nSPS) is 45.0. The van der Waals surface area contributed by atoms with Gasteiger partial charge in [-0.2, -0.15) is 0 Å². The summed E-state index contributed by atoms with van der Waals surface area (Å²) >= 11 is 0. The van der Waals surface area contributed by atoms with Crippen molar-refractivity contribution in [3.05, 3.63) is 0 Å². The van der Waals surface area contributed by atoms with Gasteiger partial charge in [-0.3, -0.25) is 0 Å². The van der Waals surface area contributed by atoms with Crippen LogP contribution in [0.2, 0.25) is 0 Å². The van der Waals surface area contributed by atoms with E-state index in [0.717, 1.165) is 39.0 Å². The lowest BCUT2D eigenvalue weighted by Gasteiger charge is -2.35. The molecule has 0 aliphatic carbocycles. The van der Waals surface area contributed by atoms with Crippen LogP contribution in [0.1, 0.15) is 19.3 Å². The molecule has 2 unspecified atom stereocenters. The Morgan fingerprint density at radius 1 is 1.55 bits per heavy atom. The van der Waals surface area contributed by atoms with Crippen molar-refractivity contribution in [1.82, 2.24) is 5.32 Å². The van der Waals surface area contributed by atoms with Gasteiger partial charge in [0.15, 0.2) is 0 Å². The molecule has 2 aliphatic rings. The van der Waals surface area contributed by atoms with E-state index >= 15 is 0 Å². The lowest BCUT2D eigenvalue weighted by atomic mass is 9.87. The number of hydrogen-bond acceptors (Lipinski definition) is 3. The second-order valence-corrected chi connectivity index (χ2v) is 3.66. The predicted molar refractivity (Wildman–Crippen MR) is 41.4 cm³/mol. The fourth-order valence-corrected chi connectivity index (χ4v) is 2.04. The van der Waals surface area contributed by atoms with Gasteiger partial charge in [-0.05, 0) is 25.8 Å². The first-order valence-corrected chi connectivity index (χ1v) is 4.32. The first-order valence-electron chi connectivity index (χ1n) is 4.32. The van der Waals surface area contributed by atoms with Crippen LogP contribution in [-0.2, 0) is 4.74 Å². The van der Waals surface area contributed by atoms with Crippen molar-refractivity contribution in [2.24, 2.45) is 0 Å². The Morgan fingerprint density at radius 3 is 3.09 bits per heavy atom. The molecule has 11 heavy (non-hydrogen) atoms. The summed E-state index contributed by atoms with van der Waals surface area (Å²) in [5.41, 5.74) is 0.123. The molecule has 0 saturated carbocycles. The molecule has 0 radical (unpaired) electrons. The first kappa shape index (κ1) is 7.53. The molecule has 64 valence electrons. The predicted octanol–water partition coefficient (Wildman–Crippen LogP) is -0.110. The maximum absolute atomic E-state index is 9.44. The van der Waals surface area contributed by atoms with Crippen LogP contribution in [-0.4, -0.2) is 36.5 Å². The Hall–Kier alpha value is -0.120. The molecule has 0 aromatic carbocycles. The molecular formula is C8H15NO2. The number of nitrogens with one attached hydrogen (secondary N) is 1. The monoisotopic (exact) mass is 157 g/mol. The molecule has 0 bridgehead atoms. The van der Waals surface area contributed by atoms with Crippen LogP contribution in [0.4, 0.5) is 0 Å². The van der Waals surface area contributed by atoms with E-state index in [1.807, 2.05) is 0 Å². The van der Waals surface area contributed by atoms with E-state index < -0.39 is 0 Å². The maximum Gasteiger partial charge on any atom is 0.0650 e. The summed E-state index contributed by atoms with van der Waals surface area (Å²) < 4.78 is 5.31. The van der Waals surface area contributed by atoms with E-state index in [1.54, 1.807) is 0 Å². The minimum atomic E-state index is -0.113. The number of aliphatic hydroxyl groups is 1. The zero-order valence-corrected chi connectivity index (χ0v) is 6.68. The highest BCUT2D eigenvalue weighted by atomic mass is 16.5. The second-order valence-electron chi connectivity index (χ2n) is 3.66. The SMILES string of the molecule is OC1CCNC2(CCOC2)C1.